The summed E-state index contributed by atoms with van der Waals surface area (Å²) in [7, 11) is 12.6. The number of anilines is 1. The molecule has 0 unspecified atom stereocenters. The van der Waals surface area contributed by atoms with E-state index in [1.165, 1.54) is 0 Å². The topological polar surface area (TPSA) is 56.6 Å². The molecule has 0 aromatic carbocycles. The van der Waals surface area contributed by atoms with Crippen molar-refractivity contribution in [1.82, 2.24) is 34.4 Å². The molecule has 2 aromatic heterocycles. The molecule has 8 nitrogen and oxygen atoms in total. The fraction of sp³-hybridized carbons (Fsp3) is 0.650. The van der Waals surface area contributed by atoms with Crippen LogP contribution in [0.15, 0.2) is 18.3 Å². The molecule has 2 aromatic rings. The lowest BCUT2D eigenvalue weighted by Gasteiger charge is -2.21. The van der Waals surface area contributed by atoms with E-state index in [2.05, 4.69) is 58.6 Å². The zero-order valence-corrected chi connectivity index (χ0v) is 18.1. The standard InChI is InChI=1S/C20H34N8/c1-24(2)9-12-28-20(17-14-26(5)10-11-27(6)15-17)22-19(23-28)16-7-8-18(21-13-16)25(3)4/h7-8,13,17H,9-12,14-15H2,1-6H3. The van der Waals surface area contributed by atoms with Crippen molar-refractivity contribution in [2.75, 3.05) is 79.9 Å². The second-order valence-corrected chi connectivity index (χ2v) is 8.34. The molecule has 1 saturated heterocycles. The molecule has 0 radical (unpaired) electrons. The van der Waals surface area contributed by atoms with Crippen LogP contribution in [0.5, 0.6) is 0 Å². The zero-order valence-electron chi connectivity index (χ0n) is 18.1. The molecular formula is C20H34N8. The predicted molar refractivity (Wildman–Crippen MR) is 114 cm³/mol. The van der Waals surface area contributed by atoms with E-state index in [-0.39, 0.29) is 0 Å². The Balaban J connectivity index is 1.93. The number of likely N-dealkylation sites (N-methyl/N-ethyl adjacent to an activating group) is 3. The Bertz CT molecular complexity index is 740. The number of nitrogens with zero attached hydrogens (tertiary/aromatic N) is 8. The van der Waals surface area contributed by atoms with Gasteiger partial charge in [0.25, 0.3) is 0 Å². The van der Waals surface area contributed by atoms with Gasteiger partial charge in [-0.15, -0.1) is 0 Å². The Morgan fingerprint density at radius 3 is 2.25 bits per heavy atom. The summed E-state index contributed by atoms with van der Waals surface area (Å²) in [4.78, 5) is 18.5. The van der Waals surface area contributed by atoms with E-state index < -0.39 is 0 Å². The molecule has 0 spiro atoms. The van der Waals surface area contributed by atoms with Crippen LogP contribution in [0, 0.1) is 0 Å². The minimum absolute atomic E-state index is 0.343. The minimum Gasteiger partial charge on any atom is -0.363 e. The molecule has 28 heavy (non-hydrogen) atoms. The SMILES string of the molecule is CN(C)CCn1nc(-c2ccc(N(C)C)nc2)nc1C1CN(C)CCN(C)C1. The van der Waals surface area contributed by atoms with Gasteiger partial charge in [0, 0.05) is 64.5 Å². The van der Waals surface area contributed by atoms with Gasteiger partial charge in [0.1, 0.15) is 11.6 Å². The molecule has 3 rings (SSSR count). The maximum atomic E-state index is 4.99. The average Bonchev–Trinajstić information content (AvgIpc) is 3.00. The molecule has 0 aliphatic carbocycles. The second-order valence-electron chi connectivity index (χ2n) is 8.34. The minimum atomic E-state index is 0.343. The average molecular weight is 387 g/mol. The van der Waals surface area contributed by atoms with Crippen molar-refractivity contribution in [3.05, 3.63) is 24.2 Å². The Labute approximate surface area is 168 Å². The van der Waals surface area contributed by atoms with Crippen molar-refractivity contribution in [2.24, 2.45) is 0 Å². The van der Waals surface area contributed by atoms with Crippen molar-refractivity contribution >= 4 is 5.82 Å². The van der Waals surface area contributed by atoms with Crippen LogP contribution in [-0.2, 0) is 6.54 Å². The summed E-state index contributed by atoms with van der Waals surface area (Å²) in [6, 6.07) is 4.08. The molecule has 0 saturated carbocycles. The lowest BCUT2D eigenvalue weighted by atomic mass is 10.1. The Kier molecular flexibility index (Phi) is 6.64. The van der Waals surface area contributed by atoms with Gasteiger partial charge in [0.2, 0.25) is 0 Å². The molecule has 1 aliphatic rings. The molecule has 3 heterocycles. The van der Waals surface area contributed by atoms with Gasteiger partial charge < -0.3 is 19.6 Å². The summed E-state index contributed by atoms with van der Waals surface area (Å²) in [6.07, 6.45) is 1.87. The molecule has 154 valence electrons. The first kappa shape index (κ1) is 20.7. The van der Waals surface area contributed by atoms with Gasteiger partial charge in [-0.3, -0.25) is 0 Å². The van der Waals surface area contributed by atoms with Crippen LogP contribution in [0.25, 0.3) is 11.4 Å². The van der Waals surface area contributed by atoms with Gasteiger partial charge in [-0.25, -0.2) is 14.6 Å². The first-order valence-electron chi connectivity index (χ1n) is 9.94. The number of rotatable bonds is 6. The molecule has 0 amide bonds. The third-order valence-electron chi connectivity index (χ3n) is 5.22. The summed E-state index contributed by atoms with van der Waals surface area (Å²) in [5.74, 6) is 3.12. The largest absolute Gasteiger partial charge is 0.363 e. The van der Waals surface area contributed by atoms with Crippen LogP contribution < -0.4 is 4.90 Å². The van der Waals surface area contributed by atoms with Crippen LogP contribution >= 0.6 is 0 Å². The maximum Gasteiger partial charge on any atom is 0.182 e. The molecule has 8 heteroatoms. The highest BCUT2D eigenvalue weighted by molar-refractivity contribution is 5.56. The van der Waals surface area contributed by atoms with E-state index in [1.54, 1.807) is 0 Å². The van der Waals surface area contributed by atoms with Crippen molar-refractivity contribution in [3.8, 4) is 11.4 Å². The highest BCUT2D eigenvalue weighted by Gasteiger charge is 2.26. The number of hydrogen-bond acceptors (Lipinski definition) is 7. The molecule has 1 fully saturated rings. The third-order valence-corrected chi connectivity index (χ3v) is 5.22. The lowest BCUT2D eigenvalue weighted by Crippen LogP contribution is -2.28. The highest BCUT2D eigenvalue weighted by Crippen LogP contribution is 2.23. The summed E-state index contributed by atoms with van der Waals surface area (Å²) in [5.41, 5.74) is 0.964. The number of aromatic nitrogens is 4. The van der Waals surface area contributed by atoms with Crippen LogP contribution in [-0.4, -0.2) is 109 Å². The van der Waals surface area contributed by atoms with Crippen molar-refractivity contribution in [3.63, 3.8) is 0 Å². The van der Waals surface area contributed by atoms with Crippen molar-refractivity contribution in [1.29, 1.82) is 0 Å². The van der Waals surface area contributed by atoms with E-state index in [9.17, 15) is 0 Å². The monoisotopic (exact) mass is 386 g/mol. The van der Waals surface area contributed by atoms with Gasteiger partial charge in [0.05, 0.1) is 6.54 Å². The Morgan fingerprint density at radius 1 is 1.04 bits per heavy atom. The first-order chi connectivity index (χ1) is 13.3. The maximum absolute atomic E-state index is 4.99. The van der Waals surface area contributed by atoms with Gasteiger partial charge >= 0.3 is 0 Å². The van der Waals surface area contributed by atoms with E-state index in [0.29, 0.717) is 5.92 Å². The number of pyridine rings is 1. The van der Waals surface area contributed by atoms with Crippen LogP contribution in [0.1, 0.15) is 11.7 Å². The van der Waals surface area contributed by atoms with Crippen LogP contribution in [0.4, 0.5) is 5.82 Å². The van der Waals surface area contributed by atoms with Gasteiger partial charge in [-0.1, -0.05) is 0 Å². The molecule has 0 atom stereocenters. The summed E-state index contributed by atoms with van der Waals surface area (Å²) < 4.78 is 2.10. The molecule has 0 bridgehead atoms. The van der Waals surface area contributed by atoms with E-state index in [1.807, 2.05) is 31.3 Å². The molecule has 1 aliphatic heterocycles. The summed E-state index contributed by atoms with van der Waals surface area (Å²) in [6.45, 7) is 5.95. The van der Waals surface area contributed by atoms with Gasteiger partial charge in [0.15, 0.2) is 5.82 Å². The summed E-state index contributed by atoms with van der Waals surface area (Å²) >= 11 is 0. The smallest absolute Gasteiger partial charge is 0.182 e. The summed E-state index contributed by atoms with van der Waals surface area (Å²) in [5, 5.41) is 4.87. The van der Waals surface area contributed by atoms with Gasteiger partial charge in [-0.05, 0) is 40.3 Å². The van der Waals surface area contributed by atoms with Gasteiger partial charge in [-0.2, -0.15) is 5.10 Å². The third kappa shape index (κ3) is 5.06. The first-order valence-corrected chi connectivity index (χ1v) is 9.94. The predicted octanol–water partition coefficient (Wildman–Crippen LogP) is 0.929. The fourth-order valence-electron chi connectivity index (χ4n) is 3.52. The Hall–Kier alpha value is -2.03. The normalized spacial score (nSPS) is 17.2. The highest BCUT2D eigenvalue weighted by atomic mass is 15.4. The van der Waals surface area contributed by atoms with Crippen molar-refractivity contribution < 1.29 is 0 Å². The van der Waals surface area contributed by atoms with Crippen LogP contribution in [0.3, 0.4) is 0 Å². The second kappa shape index (κ2) is 8.98. The molecular weight excluding hydrogens is 352 g/mol. The Morgan fingerprint density at radius 2 is 1.71 bits per heavy atom. The quantitative estimate of drug-likeness (QED) is 0.732. The van der Waals surface area contributed by atoms with E-state index in [4.69, 9.17) is 10.1 Å². The fourth-order valence-corrected chi connectivity index (χ4v) is 3.52. The van der Waals surface area contributed by atoms with Crippen LogP contribution in [0.2, 0.25) is 0 Å². The molecule has 0 N–H and O–H groups in total. The zero-order chi connectivity index (χ0) is 20.3. The number of hydrogen-bond donors (Lipinski definition) is 0. The van der Waals surface area contributed by atoms with E-state index >= 15 is 0 Å². The van der Waals surface area contributed by atoms with Crippen molar-refractivity contribution in [2.45, 2.75) is 12.5 Å². The lowest BCUT2D eigenvalue weighted by molar-refractivity contribution is 0.320. The van der Waals surface area contributed by atoms with E-state index in [0.717, 1.165) is 62.3 Å².